The molecule has 0 aliphatic heterocycles. The van der Waals surface area contributed by atoms with Crippen LogP contribution in [0.1, 0.15) is 0 Å². The van der Waals surface area contributed by atoms with Gasteiger partial charge in [0.25, 0.3) is 0 Å². The second kappa shape index (κ2) is 3.16. The zero-order valence-corrected chi connectivity index (χ0v) is 3.68. The highest BCUT2D eigenvalue weighted by Crippen LogP contribution is 1.69. The van der Waals surface area contributed by atoms with Gasteiger partial charge >= 0.3 is 5.97 Å². The van der Waals surface area contributed by atoms with E-state index in [-0.39, 0.29) is 6.61 Å². The molecule has 0 aliphatic rings. The van der Waals surface area contributed by atoms with Crippen molar-refractivity contribution in [1.82, 2.24) is 0 Å². The number of hydrogen-bond donors (Lipinski definition) is 0. The Labute approximate surface area is 41.5 Å². The number of nitriles is 1. The van der Waals surface area contributed by atoms with E-state index in [1.807, 2.05) is 0 Å². The molecule has 0 saturated heterocycles. The summed E-state index contributed by atoms with van der Waals surface area (Å²) in [6, 6.07) is 1.62. The lowest BCUT2D eigenvalue weighted by Gasteiger charge is -1.87. The molecular weight excluding hydrogens is 94.0 g/mol. The lowest BCUT2D eigenvalue weighted by Crippen LogP contribution is -1.97. The molecule has 7 heavy (non-hydrogen) atoms. The van der Waals surface area contributed by atoms with E-state index in [1.54, 1.807) is 6.07 Å². The van der Waals surface area contributed by atoms with Crippen LogP contribution in [-0.2, 0) is 9.53 Å². The van der Waals surface area contributed by atoms with Crippen LogP contribution in [0.5, 0.6) is 0 Å². The van der Waals surface area contributed by atoms with E-state index in [0.29, 0.717) is 0 Å². The Morgan fingerprint density at radius 3 is 2.71 bits per heavy atom. The molecule has 37 valence electrons. The number of carbonyl (C=O) groups is 1. The molecule has 0 aromatic heterocycles. The summed E-state index contributed by atoms with van der Waals surface area (Å²) in [5.74, 6) is -0.665. The first-order chi connectivity index (χ1) is 3.27. The van der Waals surface area contributed by atoms with Gasteiger partial charge in [-0.2, -0.15) is 5.26 Å². The van der Waals surface area contributed by atoms with Gasteiger partial charge in [0.2, 0.25) is 0 Å². The summed E-state index contributed by atoms with van der Waals surface area (Å²) in [5, 5.41) is 7.76. The van der Waals surface area contributed by atoms with E-state index >= 15 is 0 Å². The summed E-state index contributed by atoms with van der Waals surface area (Å²) in [7, 11) is 0. The van der Waals surface area contributed by atoms with Crippen molar-refractivity contribution in [2.75, 3.05) is 6.61 Å². The standard InChI is InChI=1S/C4H4NO2/c1-4(6)7-3-2-5/h1,3H2. The average molecular weight is 98.1 g/mol. The van der Waals surface area contributed by atoms with E-state index in [0.717, 1.165) is 0 Å². The van der Waals surface area contributed by atoms with Crippen LogP contribution in [0.15, 0.2) is 0 Å². The number of ether oxygens (including phenoxy) is 1. The molecule has 1 radical (unpaired) electrons. The molecule has 3 heteroatoms. The van der Waals surface area contributed by atoms with Gasteiger partial charge in [-0.25, -0.2) is 0 Å². The molecule has 0 fully saturated rings. The fraction of sp³-hybridized carbons (Fsp3) is 0.250. The Kier molecular flexibility index (Phi) is 2.69. The molecule has 0 unspecified atom stereocenters. The van der Waals surface area contributed by atoms with Gasteiger partial charge in [-0.15, -0.1) is 0 Å². The van der Waals surface area contributed by atoms with Gasteiger partial charge in [-0.3, -0.25) is 4.79 Å². The number of esters is 1. The minimum atomic E-state index is -0.665. The molecule has 0 heterocycles. The molecule has 0 aromatic rings. The number of hydrogen-bond acceptors (Lipinski definition) is 3. The normalized spacial score (nSPS) is 6.86. The average Bonchev–Trinajstić information content (AvgIpc) is 1.61. The Morgan fingerprint density at radius 1 is 2.00 bits per heavy atom. The first-order valence-electron chi connectivity index (χ1n) is 1.63. The molecule has 0 N–H and O–H groups in total. The van der Waals surface area contributed by atoms with Gasteiger partial charge in [0.1, 0.15) is 6.07 Å². The Bertz CT molecular complexity index is 103. The van der Waals surface area contributed by atoms with E-state index in [2.05, 4.69) is 11.7 Å². The van der Waals surface area contributed by atoms with E-state index < -0.39 is 5.97 Å². The van der Waals surface area contributed by atoms with Gasteiger partial charge in [0.15, 0.2) is 6.61 Å². The lowest BCUT2D eigenvalue weighted by molar-refractivity contribution is -0.136. The molecule has 0 amide bonds. The maximum atomic E-state index is 9.72. The molecule has 3 nitrogen and oxygen atoms in total. The van der Waals surface area contributed by atoms with Crippen molar-refractivity contribution >= 4 is 5.97 Å². The van der Waals surface area contributed by atoms with Crippen LogP contribution in [0.3, 0.4) is 0 Å². The molecular formula is C4H4NO2. The zero-order valence-electron chi connectivity index (χ0n) is 3.68. The lowest BCUT2D eigenvalue weighted by atomic mass is 10.8. The smallest absolute Gasteiger partial charge is 0.307 e. The highest BCUT2D eigenvalue weighted by molar-refractivity contribution is 5.73. The van der Waals surface area contributed by atoms with Crippen molar-refractivity contribution in [2.24, 2.45) is 0 Å². The topological polar surface area (TPSA) is 50.1 Å². The Hall–Kier alpha value is -1.04. The van der Waals surface area contributed by atoms with Crippen LogP contribution in [0.25, 0.3) is 0 Å². The second-order valence-electron chi connectivity index (χ2n) is 0.819. The fourth-order valence-electron chi connectivity index (χ4n) is 0.113. The molecule has 0 bridgehead atoms. The van der Waals surface area contributed by atoms with Crippen molar-refractivity contribution < 1.29 is 9.53 Å². The minimum Gasteiger partial charge on any atom is -0.450 e. The van der Waals surface area contributed by atoms with Gasteiger partial charge in [-0.1, -0.05) is 0 Å². The van der Waals surface area contributed by atoms with Crippen LogP contribution in [0, 0.1) is 18.3 Å². The largest absolute Gasteiger partial charge is 0.450 e. The predicted octanol–water partition coefficient (Wildman–Crippen LogP) is -0.113. The first-order valence-corrected chi connectivity index (χ1v) is 1.63. The third kappa shape index (κ3) is 4.96. The highest BCUT2D eigenvalue weighted by atomic mass is 16.5. The third-order valence-corrected chi connectivity index (χ3v) is 0.298. The molecule has 0 saturated carbocycles. The molecule has 0 aromatic carbocycles. The van der Waals surface area contributed by atoms with Crippen molar-refractivity contribution in [3.63, 3.8) is 0 Å². The fourth-order valence-corrected chi connectivity index (χ4v) is 0.113. The molecule has 0 rings (SSSR count). The van der Waals surface area contributed by atoms with E-state index in [9.17, 15) is 4.79 Å². The summed E-state index contributed by atoms with van der Waals surface area (Å²) in [6.07, 6.45) is 0. The van der Waals surface area contributed by atoms with Crippen LogP contribution in [0.4, 0.5) is 0 Å². The summed E-state index contributed by atoms with van der Waals surface area (Å²) in [4.78, 5) is 9.72. The van der Waals surface area contributed by atoms with Crippen LogP contribution in [0.2, 0.25) is 0 Å². The quantitative estimate of drug-likeness (QED) is 0.430. The maximum absolute atomic E-state index is 9.72. The van der Waals surface area contributed by atoms with E-state index in [1.165, 1.54) is 0 Å². The summed E-state index contributed by atoms with van der Waals surface area (Å²) < 4.78 is 4.08. The van der Waals surface area contributed by atoms with Gasteiger partial charge in [-0.05, 0) is 0 Å². The zero-order chi connectivity index (χ0) is 5.70. The summed E-state index contributed by atoms with van der Waals surface area (Å²) in [6.45, 7) is 2.66. The van der Waals surface area contributed by atoms with E-state index in [4.69, 9.17) is 5.26 Å². The highest BCUT2D eigenvalue weighted by Gasteiger charge is 1.85. The Balaban J connectivity index is 3.02. The SMILES string of the molecule is [CH2]C(=O)OCC#N. The predicted molar refractivity (Wildman–Crippen MR) is 21.9 cm³/mol. The van der Waals surface area contributed by atoms with Crippen molar-refractivity contribution in [3.05, 3.63) is 6.92 Å². The van der Waals surface area contributed by atoms with Gasteiger partial charge in [0.05, 0.1) is 6.92 Å². The maximum Gasteiger partial charge on any atom is 0.307 e. The molecule has 0 atom stereocenters. The minimum absolute atomic E-state index is 0.206. The van der Waals surface area contributed by atoms with Crippen molar-refractivity contribution in [2.45, 2.75) is 0 Å². The summed E-state index contributed by atoms with van der Waals surface area (Å²) in [5.41, 5.74) is 0. The van der Waals surface area contributed by atoms with Crippen molar-refractivity contribution in [3.8, 4) is 6.07 Å². The number of rotatable bonds is 1. The third-order valence-electron chi connectivity index (χ3n) is 0.298. The number of carbonyl (C=O) groups excluding carboxylic acids is 1. The Morgan fingerprint density at radius 2 is 2.57 bits per heavy atom. The monoisotopic (exact) mass is 98.0 g/mol. The van der Waals surface area contributed by atoms with Gasteiger partial charge in [0, 0.05) is 0 Å². The van der Waals surface area contributed by atoms with Crippen molar-refractivity contribution in [1.29, 1.82) is 5.26 Å². The first kappa shape index (κ1) is 5.96. The second-order valence-corrected chi connectivity index (χ2v) is 0.819. The molecule has 0 spiro atoms. The van der Waals surface area contributed by atoms with Crippen LogP contribution >= 0.6 is 0 Å². The summed E-state index contributed by atoms with van der Waals surface area (Å²) >= 11 is 0. The van der Waals surface area contributed by atoms with Gasteiger partial charge < -0.3 is 4.74 Å². The molecule has 0 aliphatic carbocycles. The van der Waals surface area contributed by atoms with Crippen LogP contribution < -0.4 is 0 Å². The van der Waals surface area contributed by atoms with Crippen LogP contribution in [-0.4, -0.2) is 12.6 Å². The number of nitrogens with zero attached hydrogens (tertiary/aromatic N) is 1.